The molecule has 5 rings (SSSR count). The highest BCUT2D eigenvalue weighted by atomic mass is 19.4. The van der Waals surface area contributed by atoms with E-state index in [1.165, 1.54) is 0 Å². The molecule has 1 amide bonds. The van der Waals surface area contributed by atoms with Gasteiger partial charge in [0, 0.05) is 56.2 Å². The van der Waals surface area contributed by atoms with Crippen LogP contribution in [0.2, 0.25) is 0 Å². The molecule has 4 aromatic rings. The number of nitrogens with one attached hydrogen (secondary N) is 1. The molecule has 61 heavy (non-hydrogen) atoms. The zero-order valence-electron chi connectivity index (χ0n) is 30.7. The maximum atomic E-state index is 12.9. The van der Waals surface area contributed by atoms with Gasteiger partial charge in [0.1, 0.15) is 0 Å². The topological polar surface area (TPSA) is 241 Å². The predicted molar refractivity (Wildman–Crippen MR) is 180 cm³/mol. The first-order valence-corrected chi connectivity index (χ1v) is 16.0. The molecule has 5 N–H and O–H groups in total. The lowest BCUT2D eigenvalue weighted by Gasteiger charge is -2.38. The van der Waals surface area contributed by atoms with Crippen molar-refractivity contribution in [3.8, 4) is 0 Å². The van der Waals surface area contributed by atoms with Gasteiger partial charge in [0.05, 0.1) is 17.3 Å². The Hall–Kier alpha value is -6.65. The molecule has 1 saturated heterocycles. The van der Waals surface area contributed by atoms with Gasteiger partial charge in [-0.05, 0) is 50.4 Å². The highest BCUT2D eigenvalue weighted by molar-refractivity contribution is 6.04. The van der Waals surface area contributed by atoms with Crippen LogP contribution in [-0.2, 0) is 25.7 Å². The number of anilines is 1. The second kappa shape index (κ2) is 22.1. The summed E-state index contributed by atoms with van der Waals surface area (Å²) in [7, 11) is 2.10. The fourth-order valence-electron chi connectivity index (χ4n) is 4.17. The number of halogens is 12. The Labute approximate surface area is 332 Å². The van der Waals surface area contributed by atoms with Crippen molar-refractivity contribution in [1.82, 2.24) is 34.4 Å². The third-order valence-electron chi connectivity index (χ3n) is 6.96. The third kappa shape index (κ3) is 18.9. The number of likely N-dealkylation sites (N-methyl/N-ethyl adjacent to an activating group) is 1. The number of hydrogen-bond acceptors (Lipinski definition) is 11. The van der Waals surface area contributed by atoms with Gasteiger partial charge in [0.25, 0.3) is 5.91 Å². The summed E-state index contributed by atoms with van der Waals surface area (Å²) in [6, 6.07) is 13.3. The lowest BCUT2D eigenvalue weighted by atomic mass is 10.1. The van der Waals surface area contributed by atoms with E-state index in [9.17, 15) is 57.5 Å². The van der Waals surface area contributed by atoms with Crippen molar-refractivity contribution in [2.45, 2.75) is 44.2 Å². The Morgan fingerprint density at radius 2 is 1.21 bits per heavy atom. The van der Waals surface area contributed by atoms with Crippen LogP contribution in [-0.4, -0.2) is 136 Å². The Bertz CT molecular complexity index is 2000. The van der Waals surface area contributed by atoms with Crippen molar-refractivity contribution in [2.75, 3.05) is 32.0 Å². The Morgan fingerprint density at radius 3 is 1.66 bits per heavy atom. The van der Waals surface area contributed by atoms with Crippen LogP contribution in [0.3, 0.4) is 0 Å². The van der Waals surface area contributed by atoms with Crippen LogP contribution in [0.5, 0.6) is 0 Å². The van der Waals surface area contributed by atoms with Gasteiger partial charge in [-0.15, -0.1) is 10.2 Å². The molecule has 29 heteroatoms. The van der Waals surface area contributed by atoms with E-state index >= 15 is 0 Å². The van der Waals surface area contributed by atoms with Crippen LogP contribution in [0.4, 0.5) is 58.4 Å². The molecule has 1 unspecified atom stereocenters. The average Bonchev–Trinajstić information content (AvgIpc) is 3.55. The van der Waals surface area contributed by atoms with Crippen molar-refractivity contribution < 1.29 is 97.1 Å². The number of fused-ring (bicyclic) bond motifs is 1. The number of piperazine rings is 1. The zero-order chi connectivity index (χ0) is 47.1. The van der Waals surface area contributed by atoms with E-state index in [0.29, 0.717) is 11.3 Å². The lowest BCUT2D eigenvalue weighted by Crippen LogP contribution is -2.46. The van der Waals surface area contributed by atoms with E-state index in [4.69, 9.17) is 39.6 Å². The van der Waals surface area contributed by atoms with E-state index < -0.39 is 48.6 Å². The van der Waals surface area contributed by atoms with Crippen LogP contribution in [0.1, 0.15) is 33.6 Å². The number of carbonyl (C=O) groups excluding carboxylic acids is 1. The number of rotatable bonds is 5. The van der Waals surface area contributed by atoms with Crippen molar-refractivity contribution in [2.24, 2.45) is 0 Å². The van der Waals surface area contributed by atoms with Gasteiger partial charge in [-0.3, -0.25) is 29.0 Å². The molecule has 1 atom stereocenters. The lowest BCUT2D eigenvalue weighted by molar-refractivity contribution is -0.193. The van der Waals surface area contributed by atoms with Crippen molar-refractivity contribution in [3.63, 3.8) is 0 Å². The number of hydrogen-bond donors (Lipinski definition) is 5. The van der Waals surface area contributed by atoms with E-state index in [1.54, 1.807) is 18.3 Å². The van der Waals surface area contributed by atoms with Gasteiger partial charge in [0.15, 0.2) is 11.5 Å². The molecule has 1 aliphatic heterocycles. The van der Waals surface area contributed by atoms with E-state index in [-0.39, 0.29) is 11.9 Å². The molecule has 17 nitrogen and oxygen atoms in total. The van der Waals surface area contributed by atoms with Crippen molar-refractivity contribution in [1.29, 1.82) is 0 Å². The van der Waals surface area contributed by atoms with Crippen molar-refractivity contribution in [3.05, 3.63) is 83.8 Å². The molecule has 4 aromatic heterocycles. The van der Waals surface area contributed by atoms with Gasteiger partial charge >= 0.3 is 48.6 Å². The predicted octanol–water partition coefficient (Wildman–Crippen LogP) is 5.10. The minimum Gasteiger partial charge on any atom is -0.475 e. The summed E-state index contributed by atoms with van der Waals surface area (Å²) in [6.45, 7) is 5.36. The molecule has 0 bridgehead atoms. The molecule has 1 fully saturated rings. The second-order valence-electron chi connectivity index (χ2n) is 11.6. The molecular weight excluding hydrogens is 868 g/mol. The number of aryl methyl sites for hydroxylation is 1. The minimum absolute atomic E-state index is 0.0543. The average molecular weight is 899 g/mol. The number of carboxylic acids is 4. The van der Waals surface area contributed by atoms with Gasteiger partial charge in [-0.25, -0.2) is 19.2 Å². The minimum atomic E-state index is -5.08. The van der Waals surface area contributed by atoms with Gasteiger partial charge < -0.3 is 25.7 Å². The molecule has 0 radical (unpaired) electrons. The van der Waals surface area contributed by atoms with Crippen molar-refractivity contribution >= 4 is 41.1 Å². The summed E-state index contributed by atoms with van der Waals surface area (Å²) in [4.78, 5) is 61.8. The first kappa shape index (κ1) is 52.4. The normalized spacial score (nSPS) is 14.6. The number of amides is 1. The van der Waals surface area contributed by atoms with E-state index in [1.807, 2.05) is 48.0 Å². The summed E-state index contributed by atoms with van der Waals surface area (Å²) in [5, 5.41) is 40.3. The van der Waals surface area contributed by atoms with Crippen LogP contribution >= 0.6 is 0 Å². The SMILES string of the molecule is Cc1cc(NC(=O)c2ccc3nnc(C4CN(Cc5ccccn5)CCN4C)n3c2)ccn1.O=C(O)C(F)(F)F.O=C(O)C(F)(F)F.O=C(O)C(F)(F)F.O=C(O)C(F)(F)F. The van der Waals surface area contributed by atoms with Gasteiger partial charge in [-0.1, -0.05) is 6.07 Å². The molecule has 0 aliphatic carbocycles. The highest BCUT2D eigenvalue weighted by Crippen LogP contribution is 2.25. The number of carbonyl (C=O) groups is 5. The standard InChI is InChI=1S/C24H26N8O.4C2HF3O2/c1-17-13-19(8-10-25-17)27-24(33)18-6-7-22-28-29-23(32(22)14-18)21-16-31(12-11-30(21)2)15-20-5-3-4-9-26-20;4*3-2(4,5)1(6)7/h3-10,13-14,21H,11-12,15-16H2,1-2H3,(H,25,27,33);4*(H,6,7). The zero-order valence-corrected chi connectivity index (χ0v) is 30.7. The van der Waals surface area contributed by atoms with Gasteiger partial charge in [0.2, 0.25) is 0 Å². The largest absolute Gasteiger partial charge is 0.490 e. The first-order valence-electron chi connectivity index (χ1n) is 16.0. The van der Waals surface area contributed by atoms with Crippen LogP contribution in [0.25, 0.3) is 5.65 Å². The molecule has 0 spiro atoms. The Balaban J connectivity index is 0.000000539. The maximum absolute atomic E-state index is 12.9. The highest BCUT2D eigenvalue weighted by Gasteiger charge is 2.40. The number of alkyl halides is 12. The van der Waals surface area contributed by atoms with E-state index in [0.717, 1.165) is 49.0 Å². The number of aromatic nitrogens is 5. The molecule has 5 heterocycles. The molecule has 0 saturated carbocycles. The fraction of sp³-hybridized carbons (Fsp3) is 0.344. The quantitative estimate of drug-likeness (QED) is 0.164. The molecule has 336 valence electrons. The molecular formula is C32H30F12N8O9. The fourth-order valence-corrected chi connectivity index (χ4v) is 4.17. The van der Waals surface area contributed by atoms with Crippen LogP contribution in [0, 0.1) is 6.92 Å². The monoisotopic (exact) mass is 898 g/mol. The smallest absolute Gasteiger partial charge is 0.475 e. The van der Waals surface area contributed by atoms with Gasteiger partial charge in [-0.2, -0.15) is 52.7 Å². The number of pyridine rings is 3. The summed E-state index contributed by atoms with van der Waals surface area (Å²) in [5.41, 5.74) is 3.88. The summed E-state index contributed by atoms with van der Waals surface area (Å²) in [6.07, 6.45) is -15.0. The van der Waals surface area contributed by atoms with Crippen LogP contribution in [0.15, 0.2) is 61.1 Å². The molecule has 1 aliphatic rings. The second-order valence-corrected chi connectivity index (χ2v) is 11.6. The maximum Gasteiger partial charge on any atom is 0.490 e. The summed E-state index contributed by atoms with van der Waals surface area (Å²) >= 11 is 0. The Morgan fingerprint density at radius 1 is 0.705 bits per heavy atom. The van der Waals surface area contributed by atoms with Crippen LogP contribution < -0.4 is 5.32 Å². The number of nitrogens with zero attached hydrogens (tertiary/aromatic N) is 7. The van der Waals surface area contributed by atoms with E-state index in [2.05, 4.69) is 48.4 Å². The third-order valence-corrected chi connectivity index (χ3v) is 6.96. The first-order chi connectivity index (χ1) is 27.8. The number of carboxylic acid groups (broad SMARTS) is 4. The Kier molecular flexibility index (Phi) is 19.0. The number of aliphatic carboxylic acids is 4. The summed E-state index contributed by atoms with van der Waals surface area (Å²) < 4.78 is 129. The summed E-state index contributed by atoms with van der Waals surface area (Å²) in [5.74, 6) is -10.4. The molecule has 0 aromatic carbocycles.